The van der Waals surface area contributed by atoms with Gasteiger partial charge in [-0.25, -0.2) is 9.78 Å². The van der Waals surface area contributed by atoms with Crippen molar-refractivity contribution in [3.8, 4) is 11.3 Å². The highest BCUT2D eigenvalue weighted by atomic mass is 32.1. The molecule has 1 amide bonds. The number of carbonyl (C=O) groups is 2. The van der Waals surface area contributed by atoms with Gasteiger partial charge in [0.1, 0.15) is 5.60 Å². The van der Waals surface area contributed by atoms with Crippen LogP contribution in [0.4, 0.5) is 9.93 Å². The fourth-order valence-corrected chi connectivity index (χ4v) is 2.53. The van der Waals surface area contributed by atoms with Gasteiger partial charge in [-0.2, -0.15) is 0 Å². The molecule has 0 aliphatic heterocycles. The van der Waals surface area contributed by atoms with Gasteiger partial charge in [0.15, 0.2) is 5.13 Å². The highest BCUT2D eigenvalue weighted by Crippen LogP contribution is 2.25. The Hall–Kier alpha value is -2.41. The Morgan fingerprint density at radius 3 is 2.48 bits per heavy atom. The van der Waals surface area contributed by atoms with E-state index in [9.17, 15) is 9.59 Å². The van der Waals surface area contributed by atoms with Crippen molar-refractivity contribution in [3.63, 3.8) is 0 Å². The summed E-state index contributed by atoms with van der Waals surface area (Å²) in [6.45, 7) is 5.37. The summed E-state index contributed by atoms with van der Waals surface area (Å²) in [5.74, 6) is -0.866. The van der Waals surface area contributed by atoms with Gasteiger partial charge in [-0.1, -0.05) is 24.3 Å². The number of aliphatic carboxylic acids is 1. The summed E-state index contributed by atoms with van der Waals surface area (Å²) in [5, 5.41) is 13.6. The molecule has 2 aromatic rings. The normalized spacial score (nSPS) is 11.1. The summed E-state index contributed by atoms with van der Waals surface area (Å²) in [6.07, 6.45) is -0.557. The molecule has 0 aliphatic rings. The zero-order valence-corrected chi connectivity index (χ0v) is 13.9. The third kappa shape index (κ3) is 5.37. The van der Waals surface area contributed by atoms with E-state index in [0.717, 1.165) is 11.1 Å². The Kier molecular flexibility index (Phi) is 5.00. The Bertz CT molecular complexity index is 702. The SMILES string of the molecule is CC(C)(C)OC(=O)Nc1nc(-c2ccc(CC(=O)O)cc2)cs1. The minimum Gasteiger partial charge on any atom is -0.481 e. The number of hydrogen-bond acceptors (Lipinski definition) is 5. The largest absolute Gasteiger partial charge is 0.481 e. The molecule has 0 atom stereocenters. The lowest BCUT2D eigenvalue weighted by molar-refractivity contribution is -0.136. The van der Waals surface area contributed by atoms with Crippen molar-refractivity contribution in [1.82, 2.24) is 4.98 Å². The molecule has 1 heterocycles. The second kappa shape index (κ2) is 6.78. The molecule has 2 rings (SSSR count). The number of hydrogen-bond donors (Lipinski definition) is 2. The number of anilines is 1. The monoisotopic (exact) mass is 334 g/mol. The van der Waals surface area contributed by atoms with Crippen LogP contribution in [0.2, 0.25) is 0 Å². The summed E-state index contributed by atoms with van der Waals surface area (Å²) >= 11 is 1.30. The van der Waals surface area contributed by atoms with Crippen LogP contribution in [0.25, 0.3) is 11.3 Å². The smallest absolute Gasteiger partial charge is 0.413 e. The first-order chi connectivity index (χ1) is 10.7. The molecule has 23 heavy (non-hydrogen) atoms. The average Bonchev–Trinajstić information content (AvgIpc) is 2.85. The molecule has 0 saturated carbocycles. The summed E-state index contributed by atoms with van der Waals surface area (Å²) in [5.41, 5.74) is 1.73. The Morgan fingerprint density at radius 1 is 1.26 bits per heavy atom. The van der Waals surface area contributed by atoms with E-state index < -0.39 is 17.7 Å². The van der Waals surface area contributed by atoms with Crippen LogP contribution in [-0.4, -0.2) is 27.8 Å². The lowest BCUT2D eigenvalue weighted by Crippen LogP contribution is -2.27. The van der Waals surface area contributed by atoms with Crippen LogP contribution in [0.3, 0.4) is 0 Å². The minimum absolute atomic E-state index is 0.0111. The molecular formula is C16H18N2O4S. The lowest BCUT2D eigenvalue weighted by Gasteiger charge is -2.18. The van der Waals surface area contributed by atoms with Gasteiger partial charge in [-0.3, -0.25) is 10.1 Å². The van der Waals surface area contributed by atoms with Gasteiger partial charge in [0.2, 0.25) is 0 Å². The molecule has 7 heteroatoms. The number of benzene rings is 1. The van der Waals surface area contributed by atoms with E-state index >= 15 is 0 Å². The maximum absolute atomic E-state index is 11.7. The van der Waals surface area contributed by atoms with Crippen LogP contribution in [0.5, 0.6) is 0 Å². The summed E-state index contributed by atoms with van der Waals surface area (Å²) in [6, 6.07) is 7.13. The van der Waals surface area contributed by atoms with Crippen LogP contribution in [-0.2, 0) is 16.0 Å². The lowest BCUT2D eigenvalue weighted by atomic mass is 10.1. The van der Waals surface area contributed by atoms with Crippen LogP contribution in [0.15, 0.2) is 29.6 Å². The van der Waals surface area contributed by atoms with Crippen molar-refractivity contribution in [2.45, 2.75) is 32.8 Å². The standard InChI is InChI=1S/C16H18N2O4S/c1-16(2,3)22-15(21)18-14-17-12(9-23-14)11-6-4-10(5-7-11)8-13(19)20/h4-7,9H,8H2,1-3H3,(H,19,20)(H,17,18,21). The molecular weight excluding hydrogens is 316 g/mol. The molecule has 122 valence electrons. The number of aromatic nitrogens is 1. The Morgan fingerprint density at radius 2 is 1.91 bits per heavy atom. The molecule has 1 aromatic carbocycles. The topological polar surface area (TPSA) is 88.5 Å². The second-order valence-electron chi connectivity index (χ2n) is 5.93. The fraction of sp³-hybridized carbons (Fsp3) is 0.312. The van der Waals surface area contributed by atoms with Crippen LogP contribution in [0.1, 0.15) is 26.3 Å². The number of amides is 1. The maximum Gasteiger partial charge on any atom is 0.413 e. The molecule has 0 saturated heterocycles. The summed E-state index contributed by atoms with van der Waals surface area (Å²) in [7, 11) is 0. The third-order valence-electron chi connectivity index (χ3n) is 2.72. The number of nitrogens with zero attached hydrogens (tertiary/aromatic N) is 1. The Balaban J connectivity index is 2.04. The molecule has 0 aliphatic carbocycles. The van der Waals surface area contributed by atoms with E-state index in [1.54, 1.807) is 32.9 Å². The number of thiazole rings is 1. The second-order valence-corrected chi connectivity index (χ2v) is 6.79. The van der Waals surface area contributed by atoms with Gasteiger partial charge in [-0.05, 0) is 26.3 Å². The maximum atomic E-state index is 11.7. The number of ether oxygens (including phenoxy) is 1. The van der Waals surface area contributed by atoms with E-state index in [2.05, 4.69) is 10.3 Å². The minimum atomic E-state index is -0.866. The third-order valence-corrected chi connectivity index (χ3v) is 3.47. The van der Waals surface area contributed by atoms with E-state index in [1.807, 2.05) is 17.5 Å². The van der Waals surface area contributed by atoms with Crippen molar-refractivity contribution in [3.05, 3.63) is 35.2 Å². The molecule has 0 unspecified atom stereocenters. The van der Waals surface area contributed by atoms with Crippen LogP contribution >= 0.6 is 11.3 Å². The van der Waals surface area contributed by atoms with Gasteiger partial charge >= 0.3 is 12.1 Å². The van der Waals surface area contributed by atoms with Crippen LogP contribution in [0, 0.1) is 0 Å². The van der Waals surface area contributed by atoms with Crippen molar-refractivity contribution in [1.29, 1.82) is 0 Å². The number of rotatable bonds is 4. The molecule has 0 fully saturated rings. The first-order valence-corrected chi connectivity index (χ1v) is 7.87. The molecule has 0 radical (unpaired) electrons. The molecule has 0 spiro atoms. The van der Waals surface area contributed by atoms with Gasteiger partial charge in [0.05, 0.1) is 12.1 Å². The molecule has 2 N–H and O–H groups in total. The average molecular weight is 334 g/mol. The number of carbonyl (C=O) groups excluding carboxylic acids is 1. The van der Waals surface area contributed by atoms with Crippen molar-refractivity contribution in [2.24, 2.45) is 0 Å². The molecule has 0 bridgehead atoms. The number of nitrogens with one attached hydrogen (secondary N) is 1. The van der Waals surface area contributed by atoms with E-state index in [1.165, 1.54) is 11.3 Å². The molecule has 6 nitrogen and oxygen atoms in total. The fourth-order valence-electron chi connectivity index (χ4n) is 1.82. The predicted octanol–water partition coefficient (Wildman–Crippen LogP) is 3.78. The molecule has 1 aromatic heterocycles. The first-order valence-electron chi connectivity index (χ1n) is 6.99. The number of carboxylic acid groups (broad SMARTS) is 1. The predicted molar refractivity (Wildman–Crippen MR) is 88.7 cm³/mol. The zero-order chi connectivity index (χ0) is 17.0. The summed E-state index contributed by atoms with van der Waals surface area (Å²) in [4.78, 5) is 26.7. The van der Waals surface area contributed by atoms with Gasteiger partial charge in [-0.15, -0.1) is 11.3 Å². The van der Waals surface area contributed by atoms with Crippen molar-refractivity contribution >= 4 is 28.5 Å². The van der Waals surface area contributed by atoms with Crippen molar-refractivity contribution in [2.75, 3.05) is 5.32 Å². The van der Waals surface area contributed by atoms with E-state index in [-0.39, 0.29) is 6.42 Å². The highest BCUT2D eigenvalue weighted by Gasteiger charge is 2.17. The zero-order valence-electron chi connectivity index (χ0n) is 13.1. The first kappa shape index (κ1) is 17.0. The van der Waals surface area contributed by atoms with Gasteiger partial charge < -0.3 is 9.84 Å². The van der Waals surface area contributed by atoms with Gasteiger partial charge in [0, 0.05) is 10.9 Å². The quantitative estimate of drug-likeness (QED) is 0.888. The van der Waals surface area contributed by atoms with Gasteiger partial charge in [0.25, 0.3) is 0 Å². The number of carboxylic acids is 1. The van der Waals surface area contributed by atoms with Crippen molar-refractivity contribution < 1.29 is 19.4 Å². The summed E-state index contributed by atoms with van der Waals surface area (Å²) < 4.78 is 5.17. The van der Waals surface area contributed by atoms with Crippen LogP contribution < -0.4 is 5.32 Å². The van der Waals surface area contributed by atoms with E-state index in [0.29, 0.717) is 10.8 Å². The Labute approximate surface area is 138 Å². The highest BCUT2D eigenvalue weighted by molar-refractivity contribution is 7.14. The van der Waals surface area contributed by atoms with E-state index in [4.69, 9.17) is 9.84 Å².